The molecular weight excluding hydrogens is 359 g/mol. The second kappa shape index (κ2) is 7.35. The van der Waals surface area contributed by atoms with E-state index in [1.54, 1.807) is 0 Å². The van der Waals surface area contributed by atoms with E-state index in [1.807, 2.05) is 6.92 Å². The summed E-state index contributed by atoms with van der Waals surface area (Å²) in [6, 6.07) is 2.14. The summed E-state index contributed by atoms with van der Waals surface area (Å²) in [5.74, 6) is -1.54. The average Bonchev–Trinajstić information content (AvgIpc) is 2.92. The molecule has 24 heavy (non-hydrogen) atoms. The van der Waals surface area contributed by atoms with Crippen molar-refractivity contribution in [3.63, 3.8) is 0 Å². The van der Waals surface area contributed by atoms with Crippen LogP contribution < -0.4 is 5.73 Å². The van der Waals surface area contributed by atoms with Gasteiger partial charge in [-0.25, -0.2) is 17.6 Å². The highest BCUT2D eigenvalue weighted by Gasteiger charge is 2.40. The van der Waals surface area contributed by atoms with Gasteiger partial charge >= 0.3 is 5.97 Å². The molecular formula is C15H22ClFN2O4S. The van der Waals surface area contributed by atoms with E-state index in [0.717, 1.165) is 19.2 Å². The molecule has 1 aliphatic heterocycles. The largest absolute Gasteiger partial charge is 0.465 e. The third-order valence-electron chi connectivity index (χ3n) is 4.35. The van der Waals surface area contributed by atoms with Gasteiger partial charge in [0, 0.05) is 18.7 Å². The molecule has 0 saturated carbocycles. The third kappa shape index (κ3) is 3.72. The van der Waals surface area contributed by atoms with Gasteiger partial charge in [-0.05, 0) is 37.4 Å². The molecule has 1 aliphatic rings. The normalized spacial score (nSPS) is 21.4. The van der Waals surface area contributed by atoms with Crippen LogP contribution in [0, 0.1) is 18.2 Å². The van der Waals surface area contributed by atoms with E-state index in [4.69, 9.17) is 5.73 Å². The van der Waals surface area contributed by atoms with Gasteiger partial charge in [-0.2, -0.15) is 4.31 Å². The molecule has 6 nitrogen and oxygen atoms in total. The Morgan fingerprint density at radius 3 is 2.58 bits per heavy atom. The van der Waals surface area contributed by atoms with E-state index in [1.165, 1.54) is 11.2 Å². The van der Waals surface area contributed by atoms with Crippen molar-refractivity contribution in [3.8, 4) is 0 Å². The highest BCUT2D eigenvalue weighted by Crippen LogP contribution is 2.34. The first-order chi connectivity index (χ1) is 10.6. The highest BCUT2D eigenvalue weighted by atomic mass is 35.5. The van der Waals surface area contributed by atoms with Gasteiger partial charge in [-0.1, -0.05) is 6.92 Å². The van der Waals surface area contributed by atoms with Crippen LogP contribution in [0.3, 0.4) is 0 Å². The van der Waals surface area contributed by atoms with Crippen LogP contribution >= 0.6 is 12.4 Å². The van der Waals surface area contributed by atoms with Gasteiger partial charge < -0.3 is 10.5 Å². The molecule has 0 bridgehead atoms. The first-order valence-electron chi connectivity index (χ1n) is 7.23. The lowest BCUT2D eigenvalue weighted by atomic mass is 9.90. The number of rotatable bonds is 4. The van der Waals surface area contributed by atoms with Crippen LogP contribution in [-0.2, 0) is 14.8 Å². The Kier molecular flexibility index (Phi) is 6.37. The standard InChI is InChI=1S/C15H21FN2O4S.ClH/c1-10-12(16)6-11(14(19)22-3)7-13(10)23(20,21)18-5-4-15(2,8-17)9-18;/h6-7H,4-5,8-9,17H2,1-3H3;1H. The van der Waals surface area contributed by atoms with Gasteiger partial charge in [-0.3, -0.25) is 0 Å². The minimum Gasteiger partial charge on any atom is -0.465 e. The van der Waals surface area contributed by atoms with E-state index in [2.05, 4.69) is 4.74 Å². The van der Waals surface area contributed by atoms with Crippen molar-refractivity contribution in [2.24, 2.45) is 11.1 Å². The number of methoxy groups -OCH3 is 1. The number of halogens is 2. The van der Waals surface area contributed by atoms with Crippen molar-refractivity contribution in [1.82, 2.24) is 4.31 Å². The number of esters is 1. The minimum absolute atomic E-state index is 0. The predicted octanol–water partition coefficient (Wildman–Crippen LogP) is 1.70. The fourth-order valence-corrected chi connectivity index (χ4v) is 4.50. The Hall–Kier alpha value is -1.22. The van der Waals surface area contributed by atoms with Crippen molar-refractivity contribution in [1.29, 1.82) is 0 Å². The molecule has 0 aliphatic carbocycles. The smallest absolute Gasteiger partial charge is 0.337 e. The maximum Gasteiger partial charge on any atom is 0.337 e. The van der Waals surface area contributed by atoms with Crippen molar-refractivity contribution >= 4 is 28.4 Å². The quantitative estimate of drug-likeness (QED) is 0.803. The Morgan fingerprint density at radius 2 is 2.08 bits per heavy atom. The Bertz CT molecular complexity index is 741. The first-order valence-corrected chi connectivity index (χ1v) is 8.67. The molecule has 1 aromatic rings. The van der Waals surface area contributed by atoms with E-state index < -0.39 is 21.8 Å². The molecule has 136 valence electrons. The lowest BCUT2D eigenvalue weighted by molar-refractivity contribution is 0.0600. The summed E-state index contributed by atoms with van der Waals surface area (Å²) >= 11 is 0. The molecule has 2 rings (SSSR count). The third-order valence-corrected chi connectivity index (χ3v) is 6.32. The maximum absolute atomic E-state index is 14.1. The SMILES string of the molecule is COC(=O)c1cc(F)c(C)c(S(=O)(=O)N2CCC(C)(CN)C2)c1.Cl. The number of hydrogen-bond donors (Lipinski definition) is 1. The summed E-state index contributed by atoms with van der Waals surface area (Å²) in [6.07, 6.45) is 0.640. The minimum atomic E-state index is -3.91. The summed E-state index contributed by atoms with van der Waals surface area (Å²) in [5, 5.41) is 0. The van der Waals surface area contributed by atoms with Crippen LogP contribution in [0.2, 0.25) is 0 Å². The van der Waals surface area contributed by atoms with Gasteiger partial charge in [0.25, 0.3) is 0 Å². The number of carbonyl (C=O) groups excluding carboxylic acids is 1. The number of carbonyl (C=O) groups is 1. The van der Waals surface area contributed by atoms with Crippen molar-refractivity contribution in [2.45, 2.75) is 25.2 Å². The lowest BCUT2D eigenvalue weighted by Crippen LogP contribution is -2.35. The molecule has 1 fully saturated rings. The number of nitrogens with two attached hydrogens (primary N) is 1. The number of benzene rings is 1. The van der Waals surface area contributed by atoms with E-state index in [0.29, 0.717) is 19.5 Å². The van der Waals surface area contributed by atoms with Crippen molar-refractivity contribution < 1.29 is 22.3 Å². The van der Waals surface area contributed by atoms with Gasteiger partial charge in [-0.15, -0.1) is 12.4 Å². The number of nitrogens with zero attached hydrogens (tertiary/aromatic N) is 1. The Labute approximate surface area is 147 Å². The summed E-state index contributed by atoms with van der Waals surface area (Å²) in [6.45, 7) is 4.26. The molecule has 0 aromatic heterocycles. The zero-order chi connectivity index (χ0) is 17.4. The van der Waals surface area contributed by atoms with Crippen LogP contribution in [0.5, 0.6) is 0 Å². The molecule has 1 atom stereocenters. The van der Waals surface area contributed by atoms with Crippen LogP contribution in [0.25, 0.3) is 0 Å². The zero-order valence-corrected chi connectivity index (χ0v) is 15.5. The molecule has 1 heterocycles. The Morgan fingerprint density at radius 1 is 1.46 bits per heavy atom. The molecule has 9 heteroatoms. The van der Waals surface area contributed by atoms with Gasteiger partial charge in [0.05, 0.1) is 17.6 Å². The fourth-order valence-electron chi connectivity index (χ4n) is 2.65. The molecule has 1 aromatic carbocycles. The molecule has 0 amide bonds. The van der Waals surface area contributed by atoms with Crippen LogP contribution in [0.1, 0.15) is 29.3 Å². The lowest BCUT2D eigenvalue weighted by Gasteiger charge is -2.23. The second-order valence-electron chi connectivity index (χ2n) is 6.18. The molecule has 0 spiro atoms. The second-order valence-corrected chi connectivity index (χ2v) is 8.08. The van der Waals surface area contributed by atoms with Crippen molar-refractivity contribution in [3.05, 3.63) is 29.1 Å². The topological polar surface area (TPSA) is 89.7 Å². The monoisotopic (exact) mass is 380 g/mol. The number of ether oxygens (including phenoxy) is 1. The van der Waals surface area contributed by atoms with E-state index in [-0.39, 0.29) is 40.4 Å². The summed E-state index contributed by atoms with van der Waals surface area (Å²) in [4.78, 5) is 11.4. The summed E-state index contributed by atoms with van der Waals surface area (Å²) < 4.78 is 45.6. The summed E-state index contributed by atoms with van der Waals surface area (Å²) in [5.41, 5.74) is 5.27. The molecule has 2 N–H and O–H groups in total. The summed E-state index contributed by atoms with van der Waals surface area (Å²) in [7, 11) is -2.75. The first kappa shape index (κ1) is 20.8. The van der Waals surface area contributed by atoms with Crippen LogP contribution in [0.15, 0.2) is 17.0 Å². The van der Waals surface area contributed by atoms with Gasteiger partial charge in [0.15, 0.2) is 0 Å². The van der Waals surface area contributed by atoms with Gasteiger partial charge in [0.1, 0.15) is 5.82 Å². The van der Waals surface area contributed by atoms with Crippen LogP contribution in [-0.4, -0.2) is 45.4 Å². The Balaban J connectivity index is 0.00000288. The fraction of sp³-hybridized carbons (Fsp3) is 0.533. The molecule has 1 saturated heterocycles. The number of sulfonamides is 1. The predicted molar refractivity (Wildman–Crippen MR) is 90.3 cm³/mol. The van der Waals surface area contributed by atoms with E-state index in [9.17, 15) is 17.6 Å². The van der Waals surface area contributed by atoms with Crippen molar-refractivity contribution in [2.75, 3.05) is 26.7 Å². The molecule has 0 radical (unpaired) electrons. The van der Waals surface area contributed by atoms with Crippen LogP contribution in [0.4, 0.5) is 4.39 Å². The van der Waals surface area contributed by atoms with Gasteiger partial charge in [0.2, 0.25) is 10.0 Å². The van der Waals surface area contributed by atoms with E-state index >= 15 is 0 Å². The molecule has 1 unspecified atom stereocenters. The zero-order valence-electron chi connectivity index (χ0n) is 13.8. The highest BCUT2D eigenvalue weighted by molar-refractivity contribution is 7.89. The average molecular weight is 381 g/mol. The maximum atomic E-state index is 14.1. The number of hydrogen-bond acceptors (Lipinski definition) is 5.